The van der Waals surface area contributed by atoms with Crippen molar-refractivity contribution in [1.82, 2.24) is 14.2 Å². The Balaban J connectivity index is 1.29. The van der Waals surface area contributed by atoms with Gasteiger partial charge < -0.3 is 9.88 Å². The minimum Gasteiger partial charge on any atom is -0.361 e. The van der Waals surface area contributed by atoms with Crippen molar-refractivity contribution < 1.29 is 13.2 Å². The van der Waals surface area contributed by atoms with Gasteiger partial charge in [0.1, 0.15) is 0 Å². The van der Waals surface area contributed by atoms with Crippen molar-refractivity contribution >= 4 is 32.4 Å². The second-order valence-corrected chi connectivity index (χ2v) is 10.9. The topological polar surface area (TPSA) is 73.5 Å². The summed E-state index contributed by atoms with van der Waals surface area (Å²) in [6.07, 6.45) is 7.78. The molecule has 0 unspecified atom stereocenters. The van der Waals surface area contributed by atoms with E-state index < -0.39 is 10.0 Å². The fourth-order valence-electron chi connectivity index (χ4n) is 4.95. The number of hydrogen-bond acceptors (Lipinski definition) is 3. The summed E-state index contributed by atoms with van der Waals surface area (Å²) in [6.45, 7) is 3.70. The maximum Gasteiger partial charge on any atom is 0.254 e. The molecule has 0 aliphatic carbocycles. The number of benzene rings is 2. The summed E-state index contributed by atoms with van der Waals surface area (Å²) in [5.41, 5.74) is 4.07. The molecule has 1 atom stereocenters. The Bertz CT molecular complexity index is 1310. The van der Waals surface area contributed by atoms with E-state index in [4.69, 9.17) is 0 Å². The van der Waals surface area contributed by atoms with Gasteiger partial charge in [0.15, 0.2) is 0 Å². The molecule has 1 saturated heterocycles. The Morgan fingerprint density at radius 1 is 1.03 bits per heavy atom. The standard InChI is InChI=1S/C26H29N3O3S/c1-19-6-4-5-15-29(19)33(31,32)22-11-9-21(10-12-22)26(30)28-16-13-20(14-17-28)24-18-27-25-8-3-2-7-23(24)25/h2-3,7-13,18-19,27H,4-6,14-17H2,1H3/t19-/m0/s1. The van der Waals surface area contributed by atoms with E-state index in [0.717, 1.165) is 31.2 Å². The lowest BCUT2D eigenvalue weighted by atomic mass is 9.98. The summed E-state index contributed by atoms with van der Waals surface area (Å²) in [7, 11) is -3.53. The third kappa shape index (κ3) is 4.11. The molecule has 3 heterocycles. The molecule has 2 aliphatic rings. The van der Waals surface area contributed by atoms with E-state index in [2.05, 4.69) is 23.2 Å². The summed E-state index contributed by atoms with van der Waals surface area (Å²) in [5, 5.41) is 1.20. The first kappa shape index (κ1) is 21.9. The number of carbonyl (C=O) groups is 1. The number of rotatable bonds is 4. The first-order valence-corrected chi connectivity index (χ1v) is 13.1. The molecule has 0 bridgehead atoms. The van der Waals surface area contributed by atoms with Crippen LogP contribution in [0.3, 0.4) is 0 Å². The number of aromatic amines is 1. The van der Waals surface area contributed by atoms with E-state index in [1.54, 1.807) is 28.6 Å². The zero-order valence-corrected chi connectivity index (χ0v) is 19.6. The number of H-pyrrole nitrogens is 1. The monoisotopic (exact) mass is 463 g/mol. The van der Waals surface area contributed by atoms with Gasteiger partial charge in [0, 0.05) is 53.9 Å². The highest BCUT2D eigenvalue weighted by atomic mass is 32.2. The summed E-state index contributed by atoms with van der Waals surface area (Å²) >= 11 is 0. The smallest absolute Gasteiger partial charge is 0.254 e. The number of para-hydroxylation sites is 1. The molecule has 2 aliphatic heterocycles. The van der Waals surface area contributed by atoms with Crippen LogP contribution in [-0.4, -0.2) is 54.2 Å². The van der Waals surface area contributed by atoms with Crippen molar-refractivity contribution in [3.8, 4) is 0 Å². The van der Waals surface area contributed by atoms with Crippen LogP contribution in [0.1, 0.15) is 48.5 Å². The molecule has 3 aromatic rings. The lowest BCUT2D eigenvalue weighted by molar-refractivity contribution is 0.0772. The SMILES string of the molecule is C[C@H]1CCCCN1S(=O)(=O)c1ccc(C(=O)N2CC=C(c3c[nH]c4ccccc34)CC2)cc1. The van der Waals surface area contributed by atoms with Crippen LogP contribution in [0.15, 0.2) is 65.7 Å². The summed E-state index contributed by atoms with van der Waals surface area (Å²) < 4.78 is 27.7. The molecule has 7 heteroatoms. The summed E-state index contributed by atoms with van der Waals surface area (Å²) in [5.74, 6) is -0.0699. The van der Waals surface area contributed by atoms with Gasteiger partial charge in [0.25, 0.3) is 5.91 Å². The lowest BCUT2D eigenvalue weighted by Crippen LogP contribution is -2.41. The Labute approximate surface area is 194 Å². The van der Waals surface area contributed by atoms with Crippen molar-refractivity contribution in [3.05, 3.63) is 71.9 Å². The highest BCUT2D eigenvalue weighted by Crippen LogP contribution is 2.30. The normalized spacial score (nSPS) is 20.1. The van der Waals surface area contributed by atoms with Crippen LogP contribution in [0, 0.1) is 0 Å². The summed E-state index contributed by atoms with van der Waals surface area (Å²) in [6, 6.07) is 14.7. The second kappa shape index (κ2) is 8.80. The molecular formula is C26H29N3O3S. The van der Waals surface area contributed by atoms with Crippen LogP contribution >= 0.6 is 0 Å². The fraction of sp³-hybridized carbons (Fsp3) is 0.346. The van der Waals surface area contributed by atoms with E-state index in [1.165, 1.54) is 16.5 Å². The molecule has 6 nitrogen and oxygen atoms in total. The Hall–Kier alpha value is -2.90. The van der Waals surface area contributed by atoms with Crippen molar-refractivity contribution in [1.29, 1.82) is 0 Å². The molecule has 5 rings (SSSR count). The molecule has 1 amide bonds. The van der Waals surface area contributed by atoms with Crippen LogP contribution in [0.25, 0.3) is 16.5 Å². The van der Waals surface area contributed by atoms with Gasteiger partial charge in [-0.15, -0.1) is 0 Å². The Kier molecular flexibility index (Phi) is 5.85. The van der Waals surface area contributed by atoms with Crippen LogP contribution in [0.2, 0.25) is 0 Å². The quantitative estimate of drug-likeness (QED) is 0.612. The molecule has 1 fully saturated rings. The van der Waals surface area contributed by atoms with Gasteiger partial charge in [-0.1, -0.05) is 30.7 Å². The molecule has 172 valence electrons. The minimum atomic E-state index is -3.53. The van der Waals surface area contributed by atoms with Gasteiger partial charge in [0.05, 0.1) is 4.90 Å². The number of nitrogens with zero attached hydrogens (tertiary/aromatic N) is 2. The fourth-order valence-corrected chi connectivity index (χ4v) is 6.65. The summed E-state index contributed by atoms with van der Waals surface area (Å²) in [4.78, 5) is 18.4. The van der Waals surface area contributed by atoms with Gasteiger partial charge in [-0.2, -0.15) is 4.31 Å². The molecule has 2 aromatic carbocycles. The average Bonchev–Trinajstić information content (AvgIpc) is 3.28. The number of aromatic nitrogens is 1. The van der Waals surface area contributed by atoms with Crippen molar-refractivity contribution in [3.63, 3.8) is 0 Å². The molecule has 33 heavy (non-hydrogen) atoms. The van der Waals surface area contributed by atoms with Gasteiger partial charge >= 0.3 is 0 Å². The Morgan fingerprint density at radius 2 is 1.82 bits per heavy atom. The van der Waals surface area contributed by atoms with Crippen LogP contribution in [-0.2, 0) is 10.0 Å². The van der Waals surface area contributed by atoms with E-state index in [1.807, 2.05) is 30.2 Å². The van der Waals surface area contributed by atoms with Gasteiger partial charge in [-0.3, -0.25) is 4.79 Å². The highest BCUT2D eigenvalue weighted by Gasteiger charge is 2.31. The van der Waals surface area contributed by atoms with Crippen molar-refractivity contribution in [2.75, 3.05) is 19.6 Å². The number of carbonyl (C=O) groups excluding carboxylic acids is 1. The van der Waals surface area contributed by atoms with Crippen LogP contribution in [0.4, 0.5) is 0 Å². The van der Waals surface area contributed by atoms with E-state index in [0.29, 0.717) is 25.2 Å². The van der Waals surface area contributed by atoms with E-state index >= 15 is 0 Å². The zero-order chi connectivity index (χ0) is 23.0. The zero-order valence-electron chi connectivity index (χ0n) is 18.8. The second-order valence-electron chi connectivity index (χ2n) is 8.96. The maximum atomic E-state index is 13.1. The maximum absolute atomic E-state index is 13.1. The third-order valence-corrected chi connectivity index (χ3v) is 8.91. The first-order chi connectivity index (χ1) is 15.9. The van der Waals surface area contributed by atoms with Gasteiger partial charge in [-0.25, -0.2) is 8.42 Å². The molecule has 1 aromatic heterocycles. The van der Waals surface area contributed by atoms with Crippen molar-refractivity contribution in [2.24, 2.45) is 0 Å². The number of hydrogen-bond donors (Lipinski definition) is 1. The molecular weight excluding hydrogens is 434 g/mol. The molecule has 0 radical (unpaired) electrons. The predicted molar refractivity (Wildman–Crippen MR) is 130 cm³/mol. The molecule has 0 saturated carbocycles. The lowest BCUT2D eigenvalue weighted by Gasteiger charge is -2.32. The number of amides is 1. The number of nitrogens with one attached hydrogen (secondary N) is 1. The van der Waals surface area contributed by atoms with E-state index in [-0.39, 0.29) is 16.8 Å². The molecule has 1 N–H and O–H groups in total. The molecule has 0 spiro atoms. The number of piperidine rings is 1. The average molecular weight is 464 g/mol. The van der Waals surface area contributed by atoms with E-state index in [9.17, 15) is 13.2 Å². The van der Waals surface area contributed by atoms with Crippen molar-refractivity contribution in [2.45, 2.75) is 43.5 Å². The first-order valence-electron chi connectivity index (χ1n) is 11.6. The highest BCUT2D eigenvalue weighted by molar-refractivity contribution is 7.89. The van der Waals surface area contributed by atoms with Gasteiger partial charge in [0.2, 0.25) is 10.0 Å². The Morgan fingerprint density at radius 3 is 2.55 bits per heavy atom. The van der Waals surface area contributed by atoms with Crippen LogP contribution < -0.4 is 0 Å². The number of fused-ring (bicyclic) bond motifs is 1. The largest absolute Gasteiger partial charge is 0.361 e. The third-order valence-electron chi connectivity index (χ3n) is 6.88. The number of sulfonamides is 1. The van der Waals surface area contributed by atoms with Gasteiger partial charge in [-0.05, 0) is 62.1 Å². The predicted octanol–water partition coefficient (Wildman–Crippen LogP) is 4.66. The van der Waals surface area contributed by atoms with Crippen LogP contribution in [0.5, 0.6) is 0 Å². The minimum absolute atomic E-state index is 0.0107.